The zero-order valence-electron chi connectivity index (χ0n) is 10.2. The lowest BCUT2D eigenvalue weighted by Gasteiger charge is -2.07. The Bertz CT molecular complexity index is 286. The molecule has 0 unspecified atom stereocenters. The molecule has 0 aliphatic rings. The average Bonchev–Trinajstić information content (AvgIpc) is 2.38. The molecule has 0 saturated heterocycles. The molecule has 7 heteroatoms. The van der Waals surface area contributed by atoms with E-state index in [0.717, 1.165) is 31.7 Å². The van der Waals surface area contributed by atoms with Crippen molar-refractivity contribution in [3.63, 3.8) is 0 Å². The first-order valence-corrected chi connectivity index (χ1v) is 5.87. The molecule has 0 aliphatic carbocycles. The molecule has 0 radical (unpaired) electrons. The summed E-state index contributed by atoms with van der Waals surface area (Å²) in [5, 5.41) is 24.7. The van der Waals surface area contributed by atoms with E-state index in [1.807, 2.05) is 0 Å². The van der Waals surface area contributed by atoms with Gasteiger partial charge in [0.15, 0.2) is 0 Å². The fourth-order valence-electron chi connectivity index (χ4n) is 1.35. The van der Waals surface area contributed by atoms with E-state index >= 15 is 0 Å². The van der Waals surface area contributed by atoms with Crippen LogP contribution in [0.3, 0.4) is 0 Å². The lowest BCUT2D eigenvalue weighted by Crippen LogP contribution is -2.32. The van der Waals surface area contributed by atoms with Gasteiger partial charge in [-0.3, -0.25) is 14.8 Å². The summed E-state index contributed by atoms with van der Waals surface area (Å²) in [6.07, 6.45) is 5.36. The molecule has 0 saturated carbocycles. The lowest BCUT2D eigenvalue weighted by molar-refractivity contribution is -0.129. The summed E-state index contributed by atoms with van der Waals surface area (Å²) in [6, 6.07) is 0. The van der Waals surface area contributed by atoms with E-state index in [4.69, 9.17) is 16.0 Å². The van der Waals surface area contributed by atoms with Crippen LogP contribution in [0.2, 0.25) is 0 Å². The van der Waals surface area contributed by atoms with E-state index in [0.29, 0.717) is 19.4 Å². The third-order valence-electron chi connectivity index (χ3n) is 2.42. The first-order valence-electron chi connectivity index (χ1n) is 5.87. The minimum absolute atomic E-state index is 0.298. The van der Waals surface area contributed by atoms with Gasteiger partial charge in [-0.15, -0.1) is 0 Å². The molecule has 0 rings (SSSR count). The van der Waals surface area contributed by atoms with Crippen molar-refractivity contribution < 1.29 is 14.8 Å². The quantitative estimate of drug-likeness (QED) is 0.169. The molecule has 0 fully saturated rings. The maximum atomic E-state index is 11.3. The van der Waals surface area contributed by atoms with E-state index in [9.17, 15) is 9.59 Å². The molecule has 18 heavy (non-hydrogen) atoms. The Morgan fingerprint density at radius 3 is 2.28 bits per heavy atom. The van der Waals surface area contributed by atoms with Crippen molar-refractivity contribution in [3.8, 4) is 0 Å². The molecule has 0 aliphatic heterocycles. The fraction of sp³-hybridized carbons (Fsp3) is 0.636. The largest absolute Gasteiger partial charge is 0.355 e. The molecule has 0 aromatic heterocycles. The van der Waals surface area contributed by atoms with Crippen LogP contribution in [0.4, 0.5) is 0 Å². The second kappa shape index (κ2) is 10.4. The van der Waals surface area contributed by atoms with Crippen molar-refractivity contribution in [1.29, 1.82) is 10.8 Å². The Labute approximate surface area is 106 Å². The Morgan fingerprint density at radius 2 is 1.72 bits per heavy atom. The number of rotatable bonds is 10. The third-order valence-corrected chi connectivity index (χ3v) is 2.42. The maximum Gasteiger partial charge on any atom is 0.243 e. The molecule has 0 heterocycles. The van der Waals surface area contributed by atoms with Gasteiger partial charge in [-0.25, -0.2) is 5.48 Å². The van der Waals surface area contributed by atoms with Gasteiger partial charge in [0, 0.05) is 25.4 Å². The van der Waals surface area contributed by atoms with Crippen molar-refractivity contribution in [2.45, 2.75) is 32.1 Å². The van der Waals surface area contributed by atoms with Gasteiger partial charge in [0.25, 0.3) is 0 Å². The van der Waals surface area contributed by atoms with E-state index in [1.54, 1.807) is 5.48 Å². The number of amides is 2. The van der Waals surface area contributed by atoms with Crippen LogP contribution in [-0.2, 0) is 9.59 Å². The smallest absolute Gasteiger partial charge is 0.243 e. The molecular weight excluding hydrogens is 236 g/mol. The zero-order chi connectivity index (χ0) is 13.8. The average molecular weight is 256 g/mol. The first-order chi connectivity index (χ1) is 8.65. The van der Waals surface area contributed by atoms with Gasteiger partial charge in [-0.05, 0) is 12.8 Å². The van der Waals surface area contributed by atoms with Gasteiger partial charge in [-0.1, -0.05) is 12.8 Å². The Kier molecular flexibility index (Phi) is 9.38. The molecular formula is C11H20N4O3. The summed E-state index contributed by atoms with van der Waals surface area (Å²) >= 11 is 0. The highest BCUT2D eigenvalue weighted by Gasteiger charge is 2.11. The topological polar surface area (TPSA) is 126 Å². The van der Waals surface area contributed by atoms with Crippen LogP contribution < -0.4 is 10.8 Å². The van der Waals surface area contributed by atoms with Gasteiger partial charge in [0.05, 0.1) is 0 Å². The molecule has 0 aromatic carbocycles. The minimum Gasteiger partial charge on any atom is -0.355 e. The molecule has 0 aromatic rings. The molecule has 2 amide bonds. The Balaban J connectivity index is 3.45. The van der Waals surface area contributed by atoms with Crippen molar-refractivity contribution in [1.82, 2.24) is 10.8 Å². The number of carbonyl (C=O) groups excluding carboxylic acids is 2. The summed E-state index contributed by atoms with van der Waals surface area (Å²) in [6.45, 7) is 0.503. The van der Waals surface area contributed by atoms with Crippen molar-refractivity contribution in [2.75, 3.05) is 6.54 Å². The minimum atomic E-state index is -0.779. The third kappa shape index (κ3) is 7.50. The first kappa shape index (κ1) is 16.2. The second-order valence-corrected chi connectivity index (χ2v) is 3.85. The van der Waals surface area contributed by atoms with Crippen LogP contribution >= 0.6 is 0 Å². The predicted octanol–water partition coefficient (Wildman–Crippen LogP) is 0.474. The van der Waals surface area contributed by atoms with Crippen LogP contribution in [-0.4, -0.2) is 36.0 Å². The van der Waals surface area contributed by atoms with Crippen LogP contribution in [0.25, 0.3) is 0 Å². The summed E-state index contributed by atoms with van der Waals surface area (Å²) in [7, 11) is 0. The highest BCUT2D eigenvalue weighted by Crippen LogP contribution is 2.02. The van der Waals surface area contributed by atoms with E-state index in [-0.39, 0.29) is 11.8 Å². The van der Waals surface area contributed by atoms with Gasteiger partial charge < -0.3 is 16.1 Å². The highest BCUT2D eigenvalue weighted by molar-refractivity contribution is 6.06. The van der Waals surface area contributed by atoms with Gasteiger partial charge in [0.1, 0.15) is 5.92 Å². The molecule has 0 atom stereocenters. The van der Waals surface area contributed by atoms with Gasteiger partial charge >= 0.3 is 0 Å². The molecule has 0 bridgehead atoms. The molecule has 5 N–H and O–H groups in total. The highest BCUT2D eigenvalue weighted by atomic mass is 16.5. The molecule has 102 valence electrons. The second-order valence-electron chi connectivity index (χ2n) is 3.85. The zero-order valence-corrected chi connectivity index (χ0v) is 10.2. The number of nitrogens with one attached hydrogen (secondary N) is 4. The summed E-state index contributed by atoms with van der Waals surface area (Å²) in [4.78, 5) is 22.0. The monoisotopic (exact) mass is 256 g/mol. The van der Waals surface area contributed by atoms with Crippen molar-refractivity contribution in [3.05, 3.63) is 0 Å². The Hall–Kier alpha value is -1.76. The number of hydrogen-bond acceptors (Lipinski definition) is 5. The van der Waals surface area contributed by atoms with E-state index in [2.05, 4.69) is 5.32 Å². The number of unbranched alkanes of at least 4 members (excludes halogenated alkanes) is 3. The van der Waals surface area contributed by atoms with Crippen LogP contribution in [0.15, 0.2) is 0 Å². The number of hydroxylamine groups is 1. The van der Waals surface area contributed by atoms with Crippen molar-refractivity contribution >= 4 is 24.2 Å². The SMILES string of the molecule is N=CC(C=N)C(=O)NCCCCCCC(=O)NO. The van der Waals surface area contributed by atoms with Crippen LogP contribution in [0, 0.1) is 16.7 Å². The molecule has 7 nitrogen and oxygen atoms in total. The van der Waals surface area contributed by atoms with Gasteiger partial charge in [-0.2, -0.15) is 0 Å². The van der Waals surface area contributed by atoms with Crippen LogP contribution in [0.5, 0.6) is 0 Å². The predicted molar refractivity (Wildman–Crippen MR) is 67.1 cm³/mol. The van der Waals surface area contributed by atoms with Gasteiger partial charge in [0.2, 0.25) is 11.8 Å². The standard InChI is InChI=1S/C11H20N4O3/c12-7-9(8-13)11(17)14-6-4-2-1-3-5-10(16)15-18/h7-9,12-13,18H,1-6H2,(H,14,17)(H,15,16). The van der Waals surface area contributed by atoms with Crippen LogP contribution in [0.1, 0.15) is 32.1 Å². The van der Waals surface area contributed by atoms with E-state index in [1.165, 1.54) is 0 Å². The number of carbonyl (C=O) groups is 2. The fourth-order valence-corrected chi connectivity index (χ4v) is 1.35. The lowest BCUT2D eigenvalue weighted by atomic mass is 10.1. The summed E-state index contributed by atoms with van der Waals surface area (Å²) < 4.78 is 0. The maximum absolute atomic E-state index is 11.3. The Morgan fingerprint density at radius 1 is 1.11 bits per heavy atom. The van der Waals surface area contributed by atoms with Crippen molar-refractivity contribution in [2.24, 2.45) is 5.92 Å². The molecule has 0 spiro atoms. The van der Waals surface area contributed by atoms with E-state index < -0.39 is 5.92 Å². The summed E-state index contributed by atoms with van der Waals surface area (Å²) in [5.41, 5.74) is 1.57. The number of hydrogen-bond donors (Lipinski definition) is 5. The normalized spacial score (nSPS) is 11.4. The summed E-state index contributed by atoms with van der Waals surface area (Å²) in [5.74, 6) is -1.50.